The van der Waals surface area contributed by atoms with Crippen LogP contribution in [0.2, 0.25) is 0 Å². The number of likely N-dealkylation sites (N-methyl/N-ethyl adjacent to an activating group) is 1. The number of nitrogens with one attached hydrogen (secondary N) is 2. The number of anilines is 2. The lowest BCUT2D eigenvalue weighted by molar-refractivity contribution is 0.144. The number of fused-ring (bicyclic) bond motifs is 1. The summed E-state index contributed by atoms with van der Waals surface area (Å²) in [5.74, 6) is -0.714. The molecule has 1 fully saturated rings. The van der Waals surface area contributed by atoms with Crippen LogP contribution in [0.3, 0.4) is 0 Å². The van der Waals surface area contributed by atoms with Crippen LogP contribution in [0.4, 0.5) is 20.4 Å². The molecular weight excluding hydrogens is 478 g/mol. The molecule has 0 bridgehead atoms. The summed E-state index contributed by atoms with van der Waals surface area (Å²) in [7, 11) is 3.73. The Balaban J connectivity index is 1.39. The van der Waals surface area contributed by atoms with Crippen molar-refractivity contribution in [1.82, 2.24) is 24.8 Å². The summed E-state index contributed by atoms with van der Waals surface area (Å²) in [5, 5.41) is 3.74. The van der Waals surface area contributed by atoms with E-state index in [1.165, 1.54) is 17.7 Å². The van der Waals surface area contributed by atoms with Gasteiger partial charge in [-0.25, -0.2) is 8.78 Å². The molecule has 5 rings (SSSR count). The molecule has 2 N–H and O–H groups in total. The summed E-state index contributed by atoms with van der Waals surface area (Å²) in [6.45, 7) is 5.82. The van der Waals surface area contributed by atoms with Crippen LogP contribution in [0.1, 0.15) is 5.56 Å². The van der Waals surface area contributed by atoms with Gasteiger partial charge >= 0.3 is 0 Å². The fourth-order valence-corrected chi connectivity index (χ4v) is 4.39. The van der Waals surface area contributed by atoms with Gasteiger partial charge < -0.3 is 24.7 Å². The molecule has 194 valence electrons. The number of rotatable bonds is 9. The van der Waals surface area contributed by atoms with Crippen molar-refractivity contribution in [3.8, 4) is 17.0 Å². The first-order valence-electron chi connectivity index (χ1n) is 12.2. The number of ether oxygens (including phenoxy) is 2. The fraction of sp³-hybridized carbons (Fsp3) is 0.333. The molecule has 3 heterocycles. The van der Waals surface area contributed by atoms with E-state index in [9.17, 15) is 8.78 Å². The zero-order valence-electron chi connectivity index (χ0n) is 20.9. The minimum Gasteiger partial charge on any atom is -0.475 e. The number of aromatic nitrogens is 3. The average molecular weight is 509 g/mol. The van der Waals surface area contributed by atoms with Gasteiger partial charge in [0, 0.05) is 68.9 Å². The SMILES string of the molecule is COCCOc1nc(Nc2ccc(CN3CCN(C)CC3)cc2)nc2[nH]cc(-c3ccc(F)cc3F)c12. The monoisotopic (exact) mass is 508 g/mol. The molecule has 37 heavy (non-hydrogen) atoms. The molecule has 8 nitrogen and oxygen atoms in total. The molecule has 4 aromatic rings. The molecule has 0 saturated carbocycles. The van der Waals surface area contributed by atoms with Crippen LogP contribution >= 0.6 is 0 Å². The first-order valence-corrected chi connectivity index (χ1v) is 12.2. The van der Waals surface area contributed by atoms with Crippen molar-refractivity contribution in [3.63, 3.8) is 0 Å². The highest BCUT2D eigenvalue weighted by atomic mass is 19.1. The van der Waals surface area contributed by atoms with E-state index in [0.717, 1.165) is 44.5 Å². The van der Waals surface area contributed by atoms with E-state index in [1.54, 1.807) is 13.3 Å². The fourth-order valence-electron chi connectivity index (χ4n) is 4.39. The van der Waals surface area contributed by atoms with Gasteiger partial charge in [0.25, 0.3) is 0 Å². The maximum atomic E-state index is 14.6. The molecule has 2 aromatic carbocycles. The number of piperazine rings is 1. The van der Waals surface area contributed by atoms with Gasteiger partial charge in [0.05, 0.1) is 12.0 Å². The minimum atomic E-state index is -0.678. The first kappa shape index (κ1) is 25.1. The molecular formula is C27H30F2N6O2. The van der Waals surface area contributed by atoms with Crippen LogP contribution in [-0.4, -0.2) is 78.3 Å². The van der Waals surface area contributed by atoms with Crippen LogP contribution < -0.4 is 10.1 Å². The molecule has 0 unspecified atom stereocenters. The Morgan fingerprint density at radius 1 is 0.973 bits per heavy atom. The number of halogens is 2. The van der Waals surface area contributed by atoms with Gasteiger partial charge in [0.15, 0.2) is 0 Å². The van der Waals surface area contributed by atoms with Gasteiger partial charge in [-0.1, -0.05) is 12.1 Å². The Bertz CT molecular complexity index is 1350. The first-order chi connectivity index (χ1) is 18.0. The van der Waals surface area contributed by atoms with Crippen molar-refractivity contribution in [2.45, 2.75) is 6.54 Å². The molecule has 0 aliphatic carbocycles. The van der Waals surface area contributed by atoms with Crippen molar-refractivity contribution in [3.05, 3.63) is 65.9 Å². The lowest BCUT2D eigenvalue weighted by atomic mass is 10.1. The summed E-state index contributed by atoms with van der Waals surface area (Å²) in [4.78, 5) is 17.0. The second-order valence-electron chi connectivity index (χ2n) is 9.15. The minimum absolute atomic E-state index is 0.226. The molecule has 0 atom stereocenters. The maximum Gasteiger partial charge on any atom is 0.232 e. The van der Waals surface area contributed by atoms with E-state index in [4.69, 9.17) is 9.47 Å². The zero-order chi connectivity index (χ0) is 25.8. The largest absolute Gasteiger partial charge is 0.475 e. The number of nitrogens with zero attached hydrogens (tertiary/aromatic N) is 4. The van der Waals surface area contributed by atoms with Crippen LogP contribution in [0.15, 0.2) is 48.7 Å². The van der Waals surface area contributed by atoms with E-state index >= 15 is 0 Å². The number of aromatic amines is 1. The molecule has 2 aromatic heterocycles. The molecule has 0 radical (unpaired) electrons. The highest BCUT2D eigenvalue weighted by Crippen LogP contribution is 2.36. The standard InChI is InChI=1S/C27H30F2N6O2/c1-34-9-11-35(12-10-34)17-18-3-6-20(7-4-18)31-27-32-25-24(26(33-27)37-14-13-36-2)22(16-30-25)21-8-5-19(28)15-23(21)29/h3-8,15-16H,9-14,17H2,1-2H3,(H2,30,31,32,33). The van der Waals surface area contributed by atoms with E-state index < -0.39 is 11.6 Å². The summed E-state index contributed by atoms with van der Waals surface area (Å²) in [6, 6.07) is 11.6. The highest BCUT2D eigenvalue weighted by molar-refractivity contribution is 5.98. The molecule has 1 saturated heterocycles. The van der Waals surface area contributed by atoms with Gasteiger partial charge in [-0.05, 0) is 36.9 Å². The van der Waals surface area contributed by atoms with E-state index in [0.29, 0.717) is 29.2 Å². The third-order valence-electron chi connectivity index (χ3n) is 6.46. The zero-order valence-corrected chi connectivity index (χ0v) is 20.9. The van der Waals surface area contributed by atoms with Gasteiger partial charge in [-0.2, -0.15) is 9.97 Å². The van der Waals surface area contributed by atoms with Gasteiger partial charge in [-0.15, -0.1) is 0 Å². The van der Waals surface area contributed by atoms with Crippen molar-refractivity contribution < 1.29 is 18.3 Å². The quantitative estimate of drug-likeness (QED) is 0.324. The lowest BCUT2D eigenvalue weighted by Gasteiger charge is -2.32. The Hall–Kier alpha value is -3.60. The van der Waals surface area contributed by atoms with Gasteiger partial charge in [0.2, 0.25) is 11.8 Å². The third-order valence-corrected chi connectivity index (χ3v) is 6.46. The third kappa shape index (κ3) is 5.87. The van der Waals surface area contributed by atoms with Crippen LogP contribution in [0, 0.1) is 11.6 Å². The smallest absolute Gasteiger partial charge is 0.232 e. The van der Waals surface area contributed by atoms with Gasteiger partial charge in [-0.3, -0.25) is 4.90 Å². The van der Waals surface area contributed by atoms with Crippen molar-refractivity contribution in [1.29, 1.82) is 0 Å². The number of hydrogen-bond donors (Lipinski definition) is 2. The number of methoxy groups -OCH3 is 1. The van der Waals surface area contributed by atoms with Gasteiger partial charge in [0.1, 0.15) is 23.9 Å². The van der Waals surface area contributed by atoms with Crippen LogP contribution in [0.25, 0.3) is 22.2 Å². The highest BCUT2D eigenvalue weighted by Gasteiger charge is 2.19. The molecule has 0 amide bonds. The van der Waals surface area contributed by atoms with Crippen molar-refractivity contribution >= 4 is 22.7 Å². The number of benzene rings is 2. The maximum absolute atomic E-state index is 14.6. The van der Waals surface area contributed by atoms with Crippen molar-refractivity contribution in [2.75, 3.05) is 58.9 Å². The summed E-state index contributed by atoms with van der Waals surface area (Å²) < 4.78 is 39.0. The number of H-pyrrole nitrogens is 1. The van der Waals surface area contributed by atoms with E-state index in [-0.39, 0.29) is 18.1 Å². The second-order valence-corrected chi connectivity index (χ2v) is 9.15. The summed E-state index contributed by atoms with van der Waals surface area (Å²) >= 11 is 0. The molecule has 1 aliphatic heterocycles. The van der Waals surface area contributed by atoms with E-state index in [2.05, 4.69) is 49.2 Å². The Labute approximate surface area is 214 Å². The predicted molar refractivity (Wildman–Crippen MR) is 139 cm³/mol. The molecule has 1 aliphatic rings. The van der Waals surface area contributed by atoms with Crippen LogP contribution in [0.5, 0.6) is 5.88 Å². The molecule has 10 heteroatoms. The summed E-state index contributed by atoms with van der Waals surface area (Å²) in [5.41, 5.74) is 3.26. The Morgan fingerprint density at radius 2 is 1.76 bits per heavy atom. The average Bonchev–Trinajstić information content (AvgIpc) is 3.31. The van der Waals surface area contributed by atoms with Crippen molar-refractivity contribution in [2.24, 2.45) is 0 Å². The Morgan fingerprint density at radius 3 is 2.49 bits per heavy atom. The topological polar surface area (TPSA) is 78.5 Å². The van der Waals surface area contributed by atoms with E-state index in [1.807, 2.05) is 12.1 Å². The predicted octanol–water partition coefficient (Wildman–Crippen LogP) is 4.42. The molecule has 0 spiro atoms. The Kier molecular flexibility index (Phi) is 7.59. The lowest BCUT2D eigenvalue weighted by Crippen LogP contribution is -2.43. The number of hydrogen-bond acceptors (Lipinski definition) is 7. The normalized spacial score (nSPS) is 14.8. The summed E-state index contributed by atoms with van der Waals surface area (Å²) in [6.07, 6.45) is 1.62. The second kappa shape index (κ2) is 11.2. The van der Waals surface area contributed by atoms with Crippen LogP contribution in [-0.2, 0) is 11.3 Å².